The minimum absolute atomic E-state index is 0.0858. The van der Waals surface area contributed by atoms with Gasteiger partial charge in [-0.05, 0) is 26.0 Å². The topological polar surface area (TPSA) is 121 Å². The van der Waals surface area contributed by atoms with Crippen molar-refractivity contribution in [2.75, 3.05) is 19.0 Å². The van der Waals surface area contributed by atoms with Crippen LogP contribution in [0.1, 0.15) is 28.8 Å². The number of hydrogen-bond donors (Lipinski definition) is 1. The average Bonchev–Trinajstić information content (AvgIpc) is 3.33. The van der Waals surface area contributed by atoms with E-state index in [4.69, 9.17) is 4.74 Å². The Morgan fingerprint density at radius 1 is 1.24 bits per heavy atom. The van der Waals surface area contributed by atoms with Gasteiger partial charge in [-0.3, -0.25) is 10.1 Å². The van der Waals surface area contributed by atoms with Crippen molar-refractivity contribution in [3.8, 4) is 5.69 Å². The molecule has 0 radical (unpaired) electrons. The number of hydrogen-bond acceptors (Lipinski definition) is 9. The Hall–Kier alpha value is -3.60. The quantitative estimate of drug-likeness (QED) is 0.357. The third kappa shape index (κ3) is 4.63. The minimum Gasteiger partial charge on any atom is -0.461 e. The highest BCUT2D eigenvalue weighted by Crippen LogP contribution is 2.18. The summed E-state index contributed by atoms with van der Waals surface area (Å²) in [5.74, 6) is -1.13. The summed E-state index contributed by atoms with van der Waals surface area (Å²) in [6, 6.07) is 9.26. The SMILES string of the molecule is CCOC(=O)/C(=N/OC)c1csc(NC(=O)c2nn(-c3ccccc3)nc2C)n1. The van der Waals surface area contributed by atoms with Crippen molar-refractivity contribution in [2.24, 2.45) is 5.16 Å². The Morgan fingerprint density at radius 2 is 2.00 bits per heavy atom. The first kappa shape index (κ1) is 20.1. The van der Waals surface area contributed by atoms with Gasteiger partial charge in [0.1, 0.15) is 12.8 Å². The van der Waals surface area contributed by atoms with E-state index in [9.17, 15) is 9.59 Å². The van der Waals surface area contributed by atoms with Crippen molar-refractivity contribution in [3.63, 3.8) is 0 Å². The number of para-hydroxylation sites is 1. The molecule has 0 bridgehead atoms. The molecule has 2 heterocycles. The maximum absolute atomic E-state index is 12.6. The van der Waals surface area contributed by atoms with Gasteiger partial charge in [0, 0.05) is 5.38 Å². The lowest BCUT2D eigenvalue weighted by Gasteiger charge is -2.02. The summed E-state index contributed by atoms with van der Waals surface area (Å²) in [6.07, 6.45) is 0. The largest absolute Gasteiger partial charge is 0.461 e. The number of esters is 1. The van der Waals surface area contributed by atoms with Crippen LogP contribution >= 0.6 is 11.3 Å². The van der Waals surface area contributed by atoms with Gasteiger partial charge in [-0.15, -0.1) is 16.4 Å². The van der Waals surface area contributed by atoms with Gasteiger partial charge < -0.3 is 9.57 Å². The van der Waals surface area contributed by atoms with Gasteiger partial charge in [0.2, 0.25) is 5.71 Å². The van der Waals surface area contributed by atoms with Gasteiger partial charge in [0.25, 0.3) is 5.91 Å². The number of anilines is 1. The molecule has 1 N–H and O–H groups in total. The van der Waals surface area contributed by atoms with Crippen molar-refractivity contribution in [2.45, 2.75) is 13.8 Å². The molecule has 0 aliphatic heterocycles. The number of thiazole rings is 1. The second kappa shape index (κ2) is 9.06. The van der Waals surface area contributed by atoms with E-state index in [0.717, 1.165) is 17.0 Å². The van der Waals surface area contributed by atoms with Crippen LogP contribution in [0.3, 0.4) is 0 Å². The van der Waals surface area contributed by atoms with Gasteiger partial charge in [0.05, 0.1) is 18.0 Å². The van der Waals surface area contributed by atoms with Gasteiger partial charge in [-0.25, -0.2) is 9.78 Å². The summed E-state index contributed by atoms with van der Waals surface area (Å²) in [6.45, 7) is 3.56. The number of oxime groups is 1. The normalized spacial score (nSPS) is 11.2. The summed E-state index contributed by atoms with van der Waals surface area (Å²) in [5, 5.41) is 16.7. The molecule has 0 saturated carbocycles. The third-order valence-electron chi connectivity index (χ3n) is 3.60. The number of rotatable bonds is 7. The Labute approximate surface area is 170 Å². The van der Waals surface area contributed by atoms with Crippen LogP contribution in [0.25, 0.3) is 5.69 Å². The summed E-state index contributed by atoms with van der Waals surface area (Å²) < 4.78 is 4.94. The van der Waals surface area contributed by atoms with Crippen molar-refractivity contribution >= 4 is 34.1 Å². The average molecular weight is 414 g/mol. The lowest BCUT2D eigenvalue weighted by atomic mass is 10.3. The number of carbonyl (C=O) groups is 2. The molecule has 0 aliphatic rings. The lowest BCUT2D eigenvalue weighted by Crippen LogP contribution is -2.20. The maximum Gasteiger partial charge on any atom is 0.362 e. The first-order valence-corrected chi connectivity index (χ1v) is 9.46. The molecule has 29 heavy (non-hydrogen) atoms. The molecule has 3 rings (SSSR count). The molecule has 0 atom stereocenters. The molecule has 2 aromatic heterocycles. The highest BCUT2D eigenvalue weighted by atomic mass is 32.1. The van der Waals surface area contributed by atoms with Crippen LogP contribution in [0.5, 0.6) is 0 Å². The fraction of sp³-hybridized carbons (Fsp3) is 0.222. The van der Waals surface area contributed by atoms with E-state index in [1.54, 1.807) is 19.2 Å². The van der Waals surface area contributed by atoms with Crippen LogP contribution in [0.4, 0.5) is 5.13 Å². The fourth-order valence-electron chi connectivity index (χ4n) is 2.34. The van der Waals surface area contributed by atoms with Crippen LogP contribution in [0, 0.1) is 6.92 Å². The zero-order valence-corrected chi connectivity index (χ0v) is 16.8. The number of ether oxygens (including phenoxy) is 1. The highest BCUT2D eigenvalue weighted by Gasteiger charge is 2.22. The van der Waals surface area contributed by atoms with Crippen LogP contribution in [-0.4, -0.2) is 51.3 Å². The van der Waals surface area contributed by atoms with Gasteiger partial charge in [-0.2, -0.15) is 9.90 Å². The molecule has 0 fully saturated rings. The van der Waals surface area contributed by atoms with E-state index < -0.39 is 11.9 Å². The number of aromatic nitrogens is 4. The lowest BCUT2D eigenvalue weighted by molar-refractivity contribution is -0.135. The fourth-order valence-corrected chi connectivity index (χ4v) is 3.03. The molecule has 0 saturated heterocycles. The summed E-state index contributed by atoms with van der Waals surface area (Å²) >= 11 is 1.13. The maximum atomic E-state index is 12.6. The molecule has 1 amide bonds. The number of aryl methyl sites for hydroxylation is 1. The smallest absolute Gasteiger partial charge is 0.362 e. The molecule has 0 unspecified atom stereocenters. The Bertz CT molecular complexity index is 1040. The number of amides is 1. The summed E-state index contributed by atoms with van der Waals surface area (Å²) in [5.41, 5.74) is 1.52. The molecular formula is C18H18N6O4S. The standard InChI is InChI=1S/C18H18N6O4S/c1-4-28-17(26)15(23-27-3)13-10-29-18(19-13)20-16(25)14-11(2)21-24(22-14)12-8-6-5-7-9-12/h5-10H,4H2,1-3H3,(H,19,20,25)/b23-15+. The van der Waals surface area contributed by atoms with Crippen LogP contribution in [0.2, 0.25) is 0 Å². The van der Waals surface area contributed by atoms with Gasteiger partial charge in [-0.1, -0.05) is 23.4 Å². The van der Waals surface area contributed by atoms with E-state index >= 15 is 0 Å². The second-order valence-corrected chi connectivity index (χ2v) is 6.45. The monoisotopic (exact) mass is 414 g/mol. The molecule has 3 aromatic rings. The molecule has 0 spiro atoms. The van der Waals surface area contributed by atoms with Crippen LogP contribution in [0.15, 0.2) is 40.9 Å². The molecule has 150 valence electrons. The van der Waals surface area contributed by atoms with Gasteiger partial charge >= 0.3 is 5.97 Å². The number of nitrogens with zero attached hydrogens (tertiary/aromatic N) is 5. The first-order valence-electron chi connectivity index (χ1n) is 8.58. The molecule has 1 aromatic carbocycles. The minimum atomic E-state index is -0.667. The van der Waals surface area contributed by atoms with Crippen molar-refractivity contribution in [1.29, 1.82) is 0 Å². The Kier molecular flexibility index (Phi) is 6.29. The molecule has 10 nitrogen and oxygen atoms in total. The number of carbonyl (C=O) groups excluding carboxylic acids is 2. The zero-order valence-electron chi connectivity index (χ0n) is 15.9. The van der Waals surface area contributed by atoms with E-state index in [1.165, 1.54) is 11.9 Å². The number of benzene rings is 1. The van der Waals surface area contributed by atoms with E-state index in [0.29, 0.717) is 5.69 Å². The van der Waals surface area contributed by atoms with Crippen molar-refractivity contribution in [3.05, 3.63) is 52.8 Å². The Morgan fingerprint density at radius 3 is 2.69 bits per heavy atom. The summed E-state index contributed by atoms with van der Waals surface area (Å²) in [7, 11) is 1.31. The molecular weight excluding hydrogens is 396 g/mol. The van der Waals surface area contributed by atoms with Crippen LogP contribution in [-0.2, 0) is 14.4 Å². The predicted octanol–water partition coefficient (Wildman–Crippen LogP) is 2.20. The predicted molar refractivity (Wildman–Crippen MR) is 106 cm³/mol. The summed E-state index contributed by atoms with van der Waals surface area (Å²) in [4.78, 5) is 34.9. The van der Waals surface area contributed by atoms with Gasteiger partial charge in [0.15, 0.2) is 10.8 Å². The van der Waals surface area contributed by atoms with E-state index in [1.807, 2.05) is 30.3 Å². The second-order valence-electron chi connectivity index (χ2n) is 5.59. The zero-order chi connectivity index (χ0) is 20.8. The van der Waals surface area contributed by atoms with E-state index in [2.05, 4.69) is 30.5 Å². The molecule has 0 aliphatic carbocycles. The first-order chi connectivity index (χ1) is 14.0. The Balaban J connectivity index is 1.78. The molecule has 11 heteroatoms. The van der Waals surface area contributed by atoms with E-state index in [-0.39, 0.29) is 28.8 Å². The van der Waals surface area contributed by atoms with Crippen LogP contribution < -0.4 is 5.32 Å². The highest BCUT2D eigenvalue weighted by molar-refractivity contribution is 7.14. The third-order valence-corrected chi connectivity index (χ3v) is 4.36. The van der Waals surface area contributed by atoms with Crippen molar-refractivity contribution in [1.82, 2.24) is 20.0 Å². The van der Waals surface area contributed by atoms with Crippen molar-refractivity contribution < 1.29 is 19.2 Å². The number of nitrogens with one attached hydrogen (secondary N) is 1.